The number of nitrogens with zero attached hydrogens (tertiary/aromatic N) is 4. The third kappa shape index (κ3) is 4.47. The lowest BCUT2D eigenvalue weighted by molar-refractivity contribution is 0.0600. The van der Waals surface area contributed by atoms with Gasteiger partial charge in [0.15, 0.2) is 0 Å². The number of hydrogen-bond donors (Lipinski definition) is 0. The van der Waals surface area contributed by atoms with E-state index in [0.717, 1.165) is 4.68 Å². The van der Waals surface area contributed by atoms with Crippen LogP contribution in [-0.4, -0.2) is 67.0 Å². The van der Waals surface area contributed by atoms with Crippen LogP contribution in [0.15, 0.2) is 59.5 Å². The van der Waals surface area contributed by atoms with Crippen LogP contribution in [0.2, 0.25) is 5.02 Å². The van der Waals surface area contributed by atoms with Crippen LogP contribution >= 0.6 is 11.6 Å². The maximum absolute atomic E-state index is 13.0. The van der Waals surface area contributed by atoms with Crippen LogP contribution in [-0.2, 0) is 4.74 Å². The predicted molar refractivity (Wildman–Crippen MR) is 127 cm³/mol. The molecule has 9 nitrogen and oxygen atoms in total. The number of piperazine rings is 1. The van der Waals surface area contributed by atoms with Gasteiger partial charge in [0.2, 0.25) is 0 Å². The molecular weight excluding hydrogens is 460 g/mol. The Kier molecular flexibility index (Phi) is 6.83. The summed E-state index contributed by atoms with van der Waals surface area (Å²) in [4.78, 5) is 41.7. The normalized spacial score (nSPS) is 13.5. The van der Waals surface area contributed by atoms with Gasteiger partial charge in [-0.05, 0) is 30.3 Å². The van der Waals surface area contributed by atoms with Crippen LogP contribution in [0.1, 0.15) is 20.7 Å². The Hall–Kier alpha value is -3.85. The molecule has 2 heterocycles. The van der Waals surface area contributed by atoms with Gasteiger partial charge >= 0.3 is 5.97 Å². The molecule has 2 aromatic carbocycles. The summed E-state index contributed by atoms with van der Waals surface area (Å²) < 4.78 is 11.1. The minimum Gasteiger partial charge on any atom is -0.497 e. The number of benzene rings is 2. The zero-order valence-electron chi connectivity index (χ0n) is 18.7. The van der Waals surface area contributed by atoms with E-state index in [4.69, 9.17) is 21.1 Å². The van der Waals surface area contributed by atoms with Crippen molar-refractivity contribution in [3.63, 3.8) is 0 Å². The van der Waals surface area contributed by atoms with E-state index >= 15 is 0 Å². The van der Waals surface area contributed by atoms with Gasteiger partial charge in [0.25, 0.3) is 11.5 Å². The number of esters is 1. The summed E-state index contributed by atoms with van der Waals surface area (Å²) >= 11 is 6.45. The molecule has 0 radical (unpaired) electrons. The Balaban J connectivity index is 1.53. The second-order valence-electron chi connectivity index (χ2n) is 7.58. The molecule has 0 bridgehead atoms. The van der Waals surface area contributed by atoms with Gasteiger partial charge in [-0.2, -0.15) is 9.78 Å². The lowest BCUT2D eigenvalue weighted by atomic mass is 10.1. The van der Waals surface area contributed by atoms with Crippen LogP contribution in [0.4, 0.5) is 5.69 Å². The van der Waals surface area contributed by atoms with E-state index in [1.807, 2.05) is 4.90 Å². The third-order valence-electron chi connectivity index (χ3n) is 5.66. The molecule has 3 aromatic rings. The smallest absolute Gasteiger partial charge is 0.340 e. The van der Waals surface area contributed by atoms with Crippen LogP contribution in [0, 0.1) is 0 Å². The molecular formula is C24H23ClN4O5. The average Bonchev–Trinajstić information content (AvgIpc) is 2.89. The minimum absolute atomic E-state index is 0.0118. The van der Waals surface area contributed by atoms with E-state index < -0.39 is 11.5 Å². The van der Waals surface area contributed by atoms with Crippen LogP contribution in [0.5, 0.6) is 5.75 Å². The number of hydrogen-bond acceptors (Lipinski definition) is 7. The maximum atomic E-state index is 13.0. The van der Waals surface area contributed by atoms with Crippen molar-refractivity contribution in [2.45, 2.75) is 0 Å². The topological polar surface area (TPSA) is 94.0 Å². The Morgan fingerprint density at radius 1 is 0.971 bits per heavy atom. The first kappa shape index (κ1) is 23.3. The second kappa shape index (κ2) is 9.96. The van der Waals surface area contributed by atoms with Crippen molar-refractivity contribution in [2.75, 3.05) is 45.3 Å². The van der Waals surface area contributed by atoms with Crippen molar-refractivity contribution < 1.29 is 19.1 Å². The highest BCUT2D eigenvalue weighted by molar-refractivity contribution is 6.33. The third-order valence-corrected chi connectivity index (χ3v) is 6.02. The summed E-state index contributed by atoms with van der Waals surface area (Å²) in [6.07, 6.45) is 1.50. The molecule has 1 amide bonds. The zero-order chi connectivity index (χ0) is 24.2. The molecule has 0 N–H and O–H groups in total. The number of carbonyl (C=O) groups is 2. The Bertz CT molecular complexity index is 1280. The van der Waals surface area contributed by atoms with Gasteiger partial charge in [-0.25, -0.2) is 4.79 Å². The molecule has 0 spiro atoms. The number of rotatable bonds is 5. The number of para-hydroxylation sites is 1. The van der Waals surface area contributed by atoms with Gasteiger partial charge in [0, 0.05) is 31.7 Å². The van der Waals surface area contributed by atoms with Crippen LogP contribution in [0.25, 0.3) is 5.69 Å². The van der Waals surface area contributed by atoms with Crippen molar-refractivity contribution in [3.05, 3.63) is 81.2 Å². The highest BCUT2D eigenvalue weighted by Crippen LogP contribution is 2.24. The highest BCUT2D eigenvalue weighted by atomic mass is 35.5. The summed E-state index contributed by atoms with van der Waals surface area (Å²) in [5.74, 6) is -0.0457. The summed E-state index contributed by atoms with van der Waals surface area (Å²) in [6, 6.07) is 13.5. The monoisotopic (exact) mass is 482 g/mol. The fourth-order valence-corrected chi connectivity index (χ4v) is 4.09. The van der Waals surface area contributed by atoms with Gasteiger partial charge in [-0.15, -0.1) is 0 Å². The summed E-state index contributed by atoms with van der Waals surface area (Å²) in [5, 5.41) is 4.25. The molecule has 4 rings (SSSR count). The minimum atomic E-state index is -0.582. The summed E-state index contributed by atoms with van der Waals surface area (Å²) in [7, 11) is 2.83. The van der Waals surface area contributed by atoms with Gasteiger partial charge < -0.3 is 19.3 Å². The predicted octanol–water partition coefficient (Wildman–Crippen LogP) is 2.64. The average molecular weight is 483 g/mol. The number of aromatic nitrogens is 2. The van der Waals surface area contributed by atoms with Gasteiger partial charge in [0.1, 0.15) is 10.8 Å². The molecule has 34 heavy (non-hydrogen) atoms. The number of anilines is 1. The lowest BCUT2D eigenvalue weighted by Crippen LogP contribution is -2.49. The van der Waals surface area contributed by atoms with Gasteiger partial charge in [-0.3, -0.25) is 9.59 Å². The first-order valence-corrected chi connectivity index (χ1v) is 11.0. The van der Waals surface area contributed by atoms with Crippen molar-refractivity contribution in [2.24, 2.45) is 0 Å². The highest BCUT2D eigenvalue weighted by Gasteiger charge is 2.25. The van der Waals surface area contributed by atoms with E-state index in [1.165, 1.54) is 13.3 Å². The van der Waals surface area contributed by atoms with E-state index in [9.17, 15) is 14.4 Å². The fourth-order valence-electron chi connectivity index (χ4n) is 3.85. The number of ether oxygens (including phenoxy) is 2. The molecule has 1 aliphatic rings. The number of methoxy groups -OCH3 is 2. The van der Waals surface area contributed by atoms with Crippen molar-refractivity contribution >= 4 is 29.2 Å². The lowest BCUT2D eigenvalue weighted by Gasteiger charge is -2.36. The summed E-state index contributed by atoms with van der Waals surface area (Å²) in [5.41, 5.74) is 0.964. The molecule has 1 aromatic heterocycles. The van der Waals surface area contributed by atoms with E-state index in [0.29, 0.717) is 43.2 Å². The molecule has 1 aliphatic heterocycles. The molecule has 0 unspecified atom stereocenters. The van der Waals surface area contributed by atoms with Gasteiger partial charge in [-0.1, -0.05) is 29.8 Å². The van der Waals surface area contributed by atoms with Crippen molar-refractivity contribution in [3.8, 4) is 11.4 Å². The molecule has 176 valence electrons. The molecule has 0 atom stereocenters. The molecule has 10 heteroatoms. The summed E-state index contributed by atoms with van der Waals surface area (Å²) in [6.45, 7) is 1.89. The van der Waals surface area contributed by atoms with E-state index in [1.54, 1.807) is 60.5 Å². The molecule has 0 aliphatic carbocycles. The van der Waals surface area contributed by atoms with Gasteiger partial charge in [0.05, 0.1) is 37.4 Å². The van der Waals surface area contributed by atoms with Crippen LogP contribution < -0.4 is 15.2 Å². The largest absolute Gasteiger partial charge is 0.497 e. The number of halogens is 1. The van der Waals surface area contributed by atoms with Crippen LogP contribution in [0.3, 0.4) is 0 Å². The van der Waals surface area contributed by atoms with Crippen molar-refractivity contribution in [1.29, 1.82) is 0 Å². The zero-order valence-corrected chi connectivity index (χ0v) is 19.5. The first-order chi connectivity index (χ1) is 16.4. The van der Waals surface area contributed by atoms with Crippen molar-refractivity contribution in [1.82, 2.24) is 14.7 Å². The Labute approximate surface area is 201 Å². The number of carbonyl (C=O) groups excluding carboxylic acids is 2. The first-order valence-electron chi connectivity index (χ1n) is 10.6. The molecule has 1 saturated heterocycles. The fraction of sp³-hybridized carbons (Fsp3) is 0.250. The molecule has 1 fully saturated rings. The quantitative estimate of drug-likeness (QED) is 0.516. The standard InChI is InChI=1S/C24H23ClN4O5/c1-33-17-7-5-6-16(14-17)22(30)28-12-10-27(11-13-28)20-15-26-29(23(31)21(20)25)19-9-4-3-8-18(19)24(32)34-2/h3-9,14-15H,10-13H2,1-2H3. The van der Waals surface area contributed by atoms with E-state index in [2.05, 4.69) is 5.10 Å². The number of amides is 1. The molecule has 0 saturated carbocycles. The van der Waals surface area contributed by atoms with E-state index in [-0.39, 0.29) is 22.2 Å². The second-order valence-corrected chi connectivity index (χ2v) is 7.96. The SMILES string of the molecule is COC(=O)c1ccccc1-n1ncc(N2CCN(C(=O)c3cccc(OC)c3)CC2)c(Cl)c1=O. The maximum Gasteiger partial charge on any atom is 0.340 e. The Morgan fingerprint density at radius 2 is 1.71 bits per heavy atom. The Morgan fingerprint density at radius 3 is 2.41 bits per heavy atom.